The molecule has 0 spiro atoms. The maximum atomic E-state index is 2.42. The van der Waals surface area contributed by atoms with E-state index in [1.165, 1.54) is 77.1 Å². The molecule has 0 bridgehead atoms. The molecule has 12 aromatic carbocycles. The number of anilines is 3. The van der Waals surface area contributed by atoms with Crippen LogP contribution in [-0.2, 0) is 0 Å². The average molecular weight is 917 g/mol. The van der Waals surface area contributed by atoms with Gasteiger partial charge in [-0.25, -0.2) is 0 Å². The summed E-state index contributed by atoms with van der Waals surface area (Å²) in [5, 5.41) is 5.03. The van der Waals surface area contributed by atoms with E-state index in [0.29, 0.717) is 0 Å². The Bertz CT molecular complexity index is 4010. The van der Waals surface area contributed by atoms with Crippen LogP contribution in [0.5, 0.6) is 0 Å². The van der Waals surface area contributed by atoms with E-state index in [2.05, 4.69) is 301 Å². The molecule has 0 radical (unpaired) electrons. The molecule has 0 atom stereocenters. The topological polar surface area (TPSA) is 8.17 Å². The minimum Gasteiger partial charge on any atom is -0.310 e. The van der Waals surface area contributed by atoms with E-state index in [1.54, 1.807) is 0 Å². The van der Waals surface area contributed by atoms with Crippen LogP contribution in [0.25, 0.3) is 105 Å². The number of hydrogen-bond acceptors (Lipinski definition) is 1. The fourth-order valence-electron chi connectivity index (χ4n) is 10.8. The van der Waals surface area contributed by atoms with Gasteiger partial charge >= 0.3 is 0 Å². The Kier molecular flexibility index (Phi) is 10.9. The molecule has 13 rings (SSSR count). The third-order valence-electron chi connectivity index (χ3n) is 14.3. The summed E-state index contributed by atoms with van der Waals surface area (Å²) in [6, 6.07) is 106. The number of nitrogens with zero attached hydrogens (tertiary/aromatic N) is 2. The molecule has 0 aliphatic rings. The smallest absolute Gasteiger partial charge is 0.0541 e. The fourth-order valence-corrected chi connectivity index (χ4v) is 10.8. The molecule has 2 heteroatoms. The van der Waals surface area contributed by atoms with Crippen molar-refractivity contribution in [2.75, 3.05) is 4.90 Å². The number of benzene rings is 12. The van der Waals surface area contributed by atoms with Gasteiger partial charge in [-0.1, -0.05) is 237 Å². The summed E-state index contributed by atoms with van der Waals surface area (Å²) in [6.45, 7) is 0. The van der Waals surface area contributed by atoms with Crippen molar-refractivity contribution in [3.8, 4) is 72.4 Å². The van der Waals surface area contributed by atoms with Gasteiger partial charge in [0.2, 0.25) is 0 Å². The monoisotopic (exact) mass is 916 g/mol. The minimum absolute atomic E-state index is 1.07. The lowest BCUT2D eigenvalue weighted by Gasteiger charge is -2.29. The van der Waals surface area contributed by atoms with Gasteiger partial charge in [0.1, 0.15) is 0 Å². The van der Waals surface area contributed by atoms with Crippen LogP contribution < -0.4 is 4.90 Å². The quantitative estimate of drug-likeness (QED) is 0.133. The molecule has 0 unspecified atom stereocenters. The average Bonchev–Trinajstić information content (AvgIpc) is 3.80. The van der Waals surface area contributed by atoms with Crippen LogP contribution in [0.3, 0.4) is 0 Å². The van der Waals surface area contributed by atoms with Crippen LogP contribution in [-0.4, -0.2) is 4.57 Å². The predicted molar refractivity (Wildman–Crippen MR) is 306 cm³/mol. The predicted octanol–water partition coefficient (Wildman–Crippen LogP) is 19.4. The summed E-state index contributed by atoms with van der Waals surface area (Å²) >= 11 is 0. The molecular weight excluding hydrogens is 869 g/mol. The van der Waals surface area contributed by atoms with Gasteiger partial charge in [-0.2, -0.15) is 0 Å². The van der Waals surface area contributed by atoms with Crippen molar-refractivity contribution < 1.29 is 0 Å². The number of fused-ring (bicyclic) bond motifs is 4. The number of aromatic nitrogens is 1. The summed E-state index contributed by atoms with van der Waals surface area (Å²) in [6.07, 6.45) is 0. The first-order valence-corrected chi connectivity index (χ1v) is 24.7. The molecule has 0 saturated carbocycles. The maximum Gasteiger partial charge on any atom is 0.0541 e. The van der Waals surface area contributed by atoms with Gasteiger partial charge in [-0.05, 0) is 127 Å². The van der Waals surface area contributed by atoms with Crippen molar-refractivity contribution in [3.05, 3.63) is 291 Å². The zero-order chi connectivity index (χ0) is 47.8. The Morgan fingerprint density at radius 2 is 0.639 bits per heavy atom. The summed E-state index contributed by atoms with van der Waals surface area (Å²) in [5.74, 6) is 0. The molecule has 338 valence electrons. The van der Waals surface area contributed by atoms with Crippen LogP contribution in [0.4, 0.5) is 17.1 Å². The van der Waals surface area contributed by atoms with Gasteiger partial charge in [-0.15, -0.1) is 0 Å². The maximum absolute atomic E-state index is 2.42. The molecule has 0 N–H and O–H groups in total. The van der Waals surface area contributed by atoms with Gasteiger partial charge in [0.25, 0.3) is 0 Å². The second-order valence-electron chi connectivity index (χ2n) is 18.4. The van der Waals surface area contributed by atoms with Gasteiger partial charge in [-0.3, -0.25) is 0 Å². The van der Waals surface area contributed by atoms with E-state index < -0.39 is 0 Å². The van der Waals surface area contributed by atoms with Gasteiger partial charge in [0.05, 0.1) is 16.7 Å². The Hall–Kier alpha value is -9.50. The fraction of sp³-hybridized carbons (Fsp3) is 0. The Labute approximate surface area is 420 Å². The third-order valence-corrected chi connectivity index (χ3v) is 14.3. The summed E-state index contributed by atoms with van der Waals surface area (Å²) in [4.78, 5) is 2.42. The molecule has 2 nitrogen and oxygen atoms in total. The zero-order valence-electron chi connectivity index (χ0n) is 39.6. The van der Waals surface area contributed by atoms with E-state index in [1.807, 2.05) is 0 Å². The Balaban J connectivity index is 0.908. The number of para-hydroxylation sites is 3. The highest BCUT2D eigenvalue weighted by Gasteiger charge is 2.21. The molecule has 0 fully saturated rings. The number of rotatable bonds is 10. The SMILES string of the molecule is c1ccc(-c2ccccc2-c2ccccc2-c2ccccc2N(c2ccc(-c3ccc(-c4cccc5ccccc45)cc3)cc2)c2ccc(-c3cccc(-n4c5ccccc5c5ccccc54)c3)cc2)cc1. The Morgan fingerprint density at radius 3 is 1.29 bits per heavy atom. The molecule has 1 heterocycles. The van der Waals surface area contributed by atoms with Crippen molar-refractivity contribution >= 4 is 49.6 Å². The Morgan fingerprint density at radius 1 is 0.236 bits per heavy atom. The van der Waals surface area contributed by atoms with E-state index in [-0.39, 0.29) is 0 Å². The molecule has 0 saturated heterocycles. The molecule has 72 heavy (non-hydrogen) atoms. The molecule has 0 amide bonds. The van der Waals surface area contributed by atoms with E-state index in [0.717, 1.165) is 45.0 Å². The molecule has 13 aromatic rings. The third kappa shape index (κ3) is 7.73. The van der Waals surface area contributed by atoms with Gasteiger partial charge < -0.3 is 9.47 Å². The van der Waals surface area contributed by atoms with E-state index >= 15 is 0 Å². The lowest BCUT2D eigenvalue weighted by molar-refractivity contribution is 1.18. The first kappa shape index (κ1) is 42.6. The molecular formula is C70H48N2. The van der Waals surface area contributed by atoms with E-state index in [4.69, 9.17) is 0 Å². The van der Waals surface area contributed by atoms with Crippen LogP contribution >= 0.6 is 0 Å². The highest BCUT2D eigenvalue weighted by Crippen LogP contribution is 2.46. The van der Waals surface area contributed by atoms with Crippen molar-refractivity contribution in [1.82, 2.24) is 4.57 Å². The highest BCUT2D eigenvalue weighted by molar-refractivity contribution is 6.09. The van der Waals surface area contributed by atoms with Crippen LogP contribution in [0.1, 0.15) is 0 Å². The summed E-state index contributed by atoms with van der Waals surface area (Å²) in [7, 11) is 0. The molecule has 0 aliphatic heterocycles. The normalized spacial score (nSPS) is 11.3. The largest absolute Gasteiger partial charge is 0.310 e. The first-order chi connectivity index (χ1) is 35.7. The van der Waals surface area contributed by atoms with E-state index in [9.17, 15) is 0 Å². The van der Waals surface area contributed by atoms with Crippen molar-refractivity contribution in [1.29, 1.82) is 0 Å². The molecule has 0 aliphatic carbocycles. The zero-order valence-corrected chi connectivity index (χ0v) is 39.6. The first-order valence-electron chi connectivity index (χ1n) is 24.7. The second-order valence-corrected chi connectivity index (χ2v) is 18.4. The second kappa shape index (κ2) is 18.4. The lowest BCUT2D eigenvalue weighted by Crippen LogP contribution is -2.11. The van der Waals surface area contributed by atoms with Crippen LogP contribution in [0.2, 0.25) is 0 Å². The highest BCUT2D eigenvalue weighted by atomic mass is 15.1. The van der Waals surface area contributed by atoms with Gasteiger partial charge in [0.15, 0.2) is 0 Å². The number of hydrogen-bond donors (Lipinski definition) is 0. The summed E-state index contributed by atoms with van der Waals surface area (Å²) < 4.78 is 2.39. The lowest BCUT2D eigenvalue weighted by atomic mass is 9.88. The van der Waals surface area contributed by atoms with Crippen molar-refractivity contribution in [2.24, 2.45) is 0 Å². The van der Waals surface area contributed by atoms with Crippen LogP contribution in [0.15, 0.2) is 291 Å². The molecule has 1 aromatic heterocycles. The van der Waals surface area contributed by atoms with Crippen LogP contribution in [0, 0.1) is 0 Å². The standard InChI is InChI=1S/C70H48N2/c1-2-18-52(19-3-1)61-25-6-7-26-62(61)63-27-8-9-28-64(63)65-29-10-13-33-68(65)71(56-44-40-50(41-45-56)49-36-38-54(39-37-49)60-32-17-21-53-20-4-5-24-59(53)60)57-46-42-51(43-47-57)55-22-16-23-58(48-55)72-69-34-14-11-30-66(69)67-31-12-15-35-70(67)72/h1-48H. The van der Waals surface area contributed by atoms with Crippen molar-refractivity contribution in [3.63, 3.8) is 0 Å². The van der Waals surface area contributed by atoms with Crippen molar-refractivity contribution in [2.45, 2.75) is 0 Å². The van der Waals surface area contributed by atoms with Gasteiger partial charge in [0, 0.05) is 33.4 Å². The summed E-state index contributed by atoms with van der Waals surface area (Å²) in [5.41, 5.74) is 21.0. The minimum atomic E-state index is 1.07.